The molecule has 0 radical (unpaired) electrons. The number of aliphatic hydroxyl groups is 1. The van der Waals surface area contributed by atoms with Gasteiger partial charge >= 0.3 is 0 Å². The molecule has 0 aliphatic carbocycles. The Morgan fingerprint density at radius 3 is 2.43 bits per heavy atom. The van der Waals surface area contributed by atoms with E-state index >= 15 is 0 Å². The van der Waals surface area contributed by atoms with Crippen LogP contribution in [0.5, 0.6) is 0 Å². The molecule has 1 atom stereocenters. The topological polar surface area (TPSA) is 41.5 Å². The summed E-state index contributed by atoms with van der Waals surface area (Å²) in [5.41, 5.74) is 0. The molecule has 0 bridgehead atoms. The lowest BCUT2D eigenvalue weighted by atomic mass is 10.1. The highest BCUT2D eigenvalue weighted by Crippen LogP contribution is 2.03. The van der Waals surface area contributed by atoms with Crippen LogP contribution in [0.2, 0.25) is 0 Å². The van der Waals surface area contributed by atoms with Gasteiger partial charge in [-0.25, -0.2) is 0 Å². The van der Waals surface area contributed by atoms with Crippen LogP contribution >= 0.6 is 0 Å². The Kier molecular flexibility index (Phi) is 9.35. The third-order valence-electron chi connectivity index (χ3n) is 2.31. The second-order valence-electron chi connectivity index (χ2n) is 4.11. The average molecular weight is 203 g/mol. The molecule has 0 fully saturated rings. The van der Waals surface area contributed by atoms with Crippen LogP contribution < -0.4 is 5.32 Å². The van der Waals surface area contributed by atoms with Crippen molar-refractivity contribution < 1.29 is 9.84 Å². The summed E-state index contributed by atoms with van der Waals surface area (Å²) in [7, 11) is 1.86. The van der Waals surface area contributed by atoms with Gasteiger partial charge in [-0.15, -0.1) is 0 Å². The third-order valence-corrected chi connectivity index (χ3v) is 2.31. The maximum Gasteiger partial charge on any atom is 0.0585 e. The van der Waals surface area contributed by atoms with Gasteiger partial charge in [0.15, 0.2) is 0 Å². The first kappa shape index (κ1) is 13.9. The van der Waals surface area contributed by atoms with Crippen LogP contribution in [-0.2, 0) is 4.74 Å². The van der Waals surface area contributed by atoms with Crippen molar-refractivity contribution in [3.63, 3.8) is 0 Å². The first-order valence-electron chi connectivity index (χ1n) is 5.56. The van der Waals surface area contributed by atoms with Gasteiger partial charge in [-0.05, 0) is 32.2 Å². The van der Waals surface area contributed by atoms with Crippen molar-refractivity contribution in [2.75, 3.05) is 26.9 Å². The number of aliphatic hydroxyl groups excluding tert-OH is 1. The summed E-state index contributed by atoms with van der Waals surface area (Å²) in [4.78, 5) is 0. The van der Waals surface area contributed by atoms with Gasteiger partial charge < -0.3 is 15.2 Å². The SMILES string of the molecule is CNC(CO)CCOCCCC(C)C. The molecule has 86 valence electrons. The van der Waals surface area contributed by atoms with E-state index in [-0.39, 0.29) is 12.6 Å². The lowest BCUT2D eigenvalue weighted by Gasteiger charge is -2.12. The van der Waals surface area contributed by atoms with Gasteiger partial charge in [0.05, 0.1) is 6.61 Å². The number of hydrogen-bond donors (Lipinski definition) is 2. The molecule has 2 N–H and O–H groups in total. The van der Waals surface area contributed by atoms with Gasteiger partial charge in [0.1, 0.15) is 0 Å². The molecule has 0 amide bonds. The molecular weight excluding hydrogens is 178 g/mol. The first-order valence-corrected chi connectivity index (χ1v) is 5.56. The minimum Gasteiger partial charge on any atom is -0.395 e. The third kappa shape index (κ3) is 8.48. The summed E-state index contributed by atoms with van der Waals surface area (Å²) in [5.74, 6) is 0.765. The number of nitrogens with one attached hydrogen (secondary N) is 1. The van der Waals surface area contributed by atoms with Crippen molar-refractivity contribution in [2.24, 2.45) is 5.92 Å². The lowest BCUT2D eigenvalue weighted by molar-refractivity contribution is 0.110. The predicted octanol–water partition coefficient (Wildman–Crippen LogP) is 1.41. The standard InChI is InChI=1S/C11H25NO2/c1-10(2)5-4-7-14-8-6-11(9-13)12-3/h10-13H,4-9H2,1-3H3. The van der Waals surface area contributed by atoms with Gasteiger partial charge in [0.25, 0.3) is 0 Å². The maximum absolute atomic E-state index is 8.88. The van der Waals surface area contributed by atoms with E-state index in [4.69, 9.17) is 9.84 Å². The summed E-state index contributed by atoms with van der Waals surface area (Å²) in [6.07, 6.45) is 3.26. The molecular formula is C11H25NO2. The highest BCUT2D eigenvalue weighted by atomic mass is 16.5. The van der Waals surface area contributed by atoms with Crippen LogP contribution in [0.4, 0.5) is 0 Å². The zero-order valence-corrected chi connectivity index (χ0v) is 9.75. The van der Waals surface area contributed by atoms with Crippen LogP contribution in [0.15, 0.2) is 0 Å². The van der Waals surface area contributed by atoms with E-state index in [1.165, 1.54) is 6.42 Å². The molecule has 0 saturated carbocycles. The first-order chi connectivity index (χ1) is 6.70. The van der Waals surface area contributed by atoms with Crippen LogP contribution in [0.25, 0.3) is 0 Å². The fourth-order valence-corrected chi connectivity index (χ4v) is 1.25. The smallest absolute Gasteiger partial charge is 0.0585 e. The number of hydrogen-bond acceptors (Lipinski definition) is 3. The normalized spacial score (nSPS) is 13.5. The lowest BCUT2D eigenvalue weighted by Crippen LogP contribution is -2.30. The zero-order chi connectivity index (χ0) is 10.8. The monoisotopic (exact) mass is 203 g/mol. The second-order valence-corrected chi connectivity index (χ2v) is 4.11. The molecule has 0 rings (SSSR count). The molecule has 0 aromatic carbocycles. The van der Waals surface area contributed by atoms with Gasteiger partial charge in [-0.1, -0.05) is 13.8 Å². The molecule has 14 heavy (non-hydrogen) atoms. The minimum absolute atomic E-state index is 0.181. The Morgan fingerprint density at radius 1 is 1.21 bits per heavy atom. The van der Waals surface area contributed by atoms with E-state index in [0.717, 1.165) is 32.0 Å². The second kappa shape index (κ2) is 9.44. The Morgan fingerprint density at radius 2 is 1.93 bits per heavy atom. The van der Waals surface area contributed by atoms with E-state index in [1.807, 2.05) is 7.05 Å². The van der Waals surface area contributed by atoms with E-state index in [2.05, 4.69) is 19.2 Å². The Hall–Kier alpha value is -0.120. The molecule has 0 heterocycles. The summed E-state index contributed by atoms with van der Waals surface area (Å²) < 4.78 is 5.47. The molecule has 1 unspecified atom stereocenters. The van der Waals surface area contributed by atoms with Gasteiger partial charge in [0, 0.05) is 19.3 Å². The fourth-order valence-electron chi connectivity index (χ4n) is 1.25. The maximum atomic E-state index is 8.88. The van der Waals surface area contributed by atoms with E-state index in [9.17, 15) is 0 Å². The van der Waals surface area contributed by atoms with Crippen LogP contribution in [-0.4, -0.2) is 38.0 Å². The molecule has 0 aromatic heterocycles. The van der Waals surface area contributed by atoms with Gasteiger partial charge in [-0.3, -0.25) is 0 Å². The highest BCUT2D eigenvalue weighted by Gasteiger charge is 2.02. The zero-order valence-electron chi connectivity index (χ0n) is 9.75. The molecule has 3 nitrogen and oxygen atoms in total. The van der Waals surface area contributed by atoms with Crippen LogP contribution in [0.1, 0.15) is 33.1 Å². The molecule has 0 aliphatic heterocycles. The molecule has 3 heteroatoms. The van der Waals surface area contributed by atoms with Crippen molar-refractivity contribution >= 4 is 0 Å². The fraction of sp³-hybridized carbons (Fsp3) is 1.00. The van der Waals surface area contributed by atoms with Crippen molar-refractivity contribution in [3.05, 3.63) is 0 Å². The molecule has 0 saturated heterocycles. The summed E-state index contributed by atoms with van der Waals surface area (Å²) in [6.45, 7) is 6.22. The predicted molar refractivity (Wildman–Crippen MR) is 59.4 cm³/mol. The molecule has 0 aromatic rings. The average Bonchev–Trinajstić information content (AvgIpc) is 2.16. The van der Waals surface area contributed by atoms with E-state index < -0.39 is 0 Å². The number of rotatable bonds is 9. The minimum atomic E-state index is 0.181. The summed E-state index contributed by atoms with van der Waals surface area (Å²) >= 11 is 0. The van der Waals surface area contributed by atoms with Crippen molar-refractivity contribution in [3.8, 4) is 0 Å². The quantitative estimate of drug-likeness (QED) is 0.557. The largest absolute Gasteiger partial charge is 0.395 e. The van der Waals surface area contributed by atoms with E-state index in [1.54, 1.807) is 0 Å². The highest BCUT2D eigenvalue weighted by molar-refractivity contribution is 4.61. The van der Waals surface area contributed by atoms with Crippen molar-refractivity contribution in [1.29, 1.82) is 0 Å². The van der Waals surface area contributed by atoms with Crippen molar-refractivity contribution in [1.82, 2.24) is 5.32 Å². The van der Waals surface area contributed by atoms with Gasteiger partial charge in [-0.2, -0.15) is 0 Å². The summed E-state index contributed by atoms with van der Waals surface area (Å²) in [6, 6.07) is 0.181. The number of likely N-dealkylation sites (N-methyl/N-ethyl adjacent to an activating group) is 1. The van der Waals surface area contributed by atoms with Gasteiger partial charge in [0.2, 0.25) is 0 Å². The Bertz CT molecular complexity index is 114. The van der Waals surface area contributed by atoms with Crippen LogP contribution in [0, 0.1) is 5.92 Å². The van der Waals surface area contributed by atoms with Crippen LogP contribution in [0.3, 0.4) is 0 Å². The van der Waals surface area contributed by atoms with E-state index in [0.29, 0.717) is 0 Å². The van der Waals surface area contributed by atoms with Crippen molar-refractivity contribution in [2.45, 2.75) is 39.2 Å². The Labute approximate surface area is 87.8 Å². The number of ether oxygens (including phenoxy) is 1. The molecule has 0 spiro atoms. The Balaban J connectivity index is 3.12. The summed E-state index contributed by atoms with van der Waals surface area (Å²) in [5, 5.41) is 11.9. The molecule has 0 aliphatic rings.